The quantitative estimate of drug-likeness (QED) is 0.293. The summed E-state index contributed by atoms with van der Waals surface area (Å²) in [5.74, 6) is -1.75. The third-order valence-electron chi connectivity index (χ3n) is 7.05. The summed E-state index contributed by atoms with van der Waals surface area (Å²) < 4.78 is 60.0. The van der Waals surface area contributed by atoms with Gasteiger partial charge in [0.1, 0.15) is 17.2 Å². The maximum Gasteiger partial charge on any atom is 0.417 e. The second-order valence-electron chi connectivity index (χ2n) is 9.38. The van der Waals surface area contributed by atoms with Gasteiger partial charge in [0.05, 0.1) is 22.6 Å². The van der Waals surface area contributed by atoms with Gasteiger partial charge >= 0.3 is 18.2 Å². The maximum absolute atomic E-state index is 15.0. The SMILES string of the molecule is CCC1(Oc2ncc(-c3ccc(-c4nc5ncc(C(F)(F)F)cc5[nH]4)c(F)c3)cn2)CCC(C(=O)O)CC1. The lowest BCUT2D eigenvalue weighted by atomic mass is 9.77. The number of hydrogen-bond acceptors (Lipinski definition) is 6. The lowest BCUT2D eigenvalue weighted by Gasteiger charge is -2.37. The second kappa shape index (κ2) is 9.66. The van der Waals surface area contributed by atoms with Gasteiger partial charge in [-0.05, 0) is 55.9 Å². The highest BCUT2D eigenvalue weighted by Gasteiger charge is 2.38. The Kier molecular flexibility index (Phi) is 6.49. The molecule has 198 valence electrons. The van der Waals surface area contributed by atoms with Crippen LogP contribution in [-0.2, 0) is 11.0 Å². The predicted molar refractivity (Wildman–Crippen MR) is 129 cm³/mol. The molecule has 3 aromatic heterocycles. The van der Waals surface area contributed by atoms with E-state index in [9.17, 15) is 23.1 Å². The fourth-order valence-corrected chi connectivity index (χ4v) is 4.70. The summed E-state index contributed by atoms with van der Waals surface area (Å²) in [6.07, 6.45) is 2.06. The van der Waals surface area contributed by atoms with Crippen LogP contribution in [0.25, 0.3) is 33.7 Å². The van der Waals surface area contributed by atoms with E-state index >= 15 is 4.39 Å². The van der Waals surface area contributed by atoms with Crippen molar-refractivity contribution in [2.24, 2.45) is 5.92 Å². The molecule has 12 heteroatoms. The number of alkyl halides is 3. The Morgan fingerprint density at radius 2 is 1.82 bits per heavy atom. The molecular formula is C26H23F4N5O3. The second-order valence-corrected chi connectivity index (χ2v) is 9.38. The topological polar surface area (TPSA) is 114 Å². The van der Waals surface area contributed by atoms with E-state index in [1.165, 1.54) is 24.5 Å². The van der Waals surface area contributed by atoms with E-state index in [2.05, 4.69) is 24.9 Å². The predicted octanol–water partition coefficient (Wildman–Crippen LogP) is 6.04. The van der Waals surface area contributed by atoms with Crippen molar-refractivity contribution in [2.45, 2.75) is 50.8 Å². The zero-order valence-corrected chi connectivity index (χ0v) is 20.2. The molecule has 5 rings (SSSR count). The maximum atomic E-state index is 15.0. The average molecular weight is 529 g/mol. The number of H-pyrrole nitrogens is 1. The van der Waals surface area contributed by atoms with Gasteiger partial charge in [0.2, 0.25) is 0 Å². The molecule has 4 aromatic rings. The van der Waals surface area contributed by atoms with E-state index < -0.39 is 29.1 Å². The van der Waals surface area contributed by atoms with Crippen molar-refractivity contribution in [1.29, 1.82) is 0 Å². The number of pyridine rings is 1. The van der Waals surface area contributed by atoms with E-state index in [4.69, 9.17) is 4.74 Å². The number of carboxylic acids is 1. The number of halogens is 4. The van der Waals surface area contributed by atoms with Gasteiger partial charge in [0.15, 0.2) is 5.65 Å². The molecule has 0 unspecified atom stereocenters. The molecule has 1 saturated carbocycles. The molecule has 0 bridgehead atoms. The Bertz CT molecular complexity index is 1480. The zero-order chi connectivity index (χ0) is 27.1. The van der Waals surface area contributed by atoms with Crippen molar-refractivity contribution < 1.29 is 32.2 Å². The Morgan fingerprint density at radius 3 is 2.42 bits per heavy atom. The summed E-state index contributed by atoms with van der Waals surface area (Å²) in [6.45, 7) is 1.98. The fraction of sp³-hybridized carbons (Fsp3) is 0.346. The third kappa shape index (κ3) is 5.02. The number of carboxylic acid groups (broad SMARTS) is 1. The van der Waals surface area contributed by atoms with Crippen LogP contribution in [0, 0.1) is 11.7 Å². The van der Waals surface area contributed by atoms with E-state index in [1.54, 1.807) is 6.07 Å². The van der Waals surface area contributed by atoms with E-state index in [0.29, 0.717) is 49.4 Å². The van der Waals surface area contributed by atoms with Crippen molar-refractivity contribution >= 4 is 17.1 Å². The number of imidazole rings is 1. The number of aliphatic carboxylic acids is 1. The molecule has 3 heterocycles. The molecule has 0 saturated heterocycles. The summed E-state index contributed by atoms with van der Waals surface area (Å²) >= 11 is 0. The highest BCUT2D eigenvalue weighted by atomic mass is 19.4. The minimum absolute atomic E-state index is 0.0433. The van der Waals surface area contributed by atoms with Crippen molar-refractivity contribution in [3.8, 4) is 28.5 Å². The number of rotatable bonds is 6. The molecule has 1 aromatic carbocycles. The summed E-state index contributed by atoms with van der Waals surface area (Å²) in [5.41, 5.74) is -0.277. The third-order valence-corrected chi connectivity index (χ3v) is 7.05. The minimum Gasteiger partial charge on any atom is -0.481 e. The molecule has 8 nitrogen and oxygen atoms in total. The number of aromatic nitrogens is 5. The summed E-state index contributed by atoms with van der Waals surface area (Å²) in [7, 11) is 0. The van der Waals surface area contributed by atoms with Crippen LogP contribution in [0.1, 0.15) is 44.6 Å². The normalized spacial score (nSPS) is 20.0. The van der Waals surface area contributed by atoms with Crippen LogP contribution in [0.5, 0.6) is 6.01 Å². The molecule has 1 aliphatic carbocycles. The van der Waals surface area contributed by atoms with Crippen LogP contribution in [0.4, 0.5) is 17.6 Å². The standard InChI is InChI=1S/C26H23F4N5O3/c1-2-25(7-5-14(6-8-25)23(36)37)38-24-32-11-16(12-33-24)15-3-4-18(19(27)9-15)21-34-20-10-17(26(28,29)30)13-31-22(20)35-21/h3-4,9-14H,2,5-8H2,1H3,(H,36,37)(H,31,34,35). The summed E-state index contributed by atoms with van der Waals surface area (Å²) in [4.78, 5) is 30.3. The molecular weight excluding hydrogens is 506 g/mol. The van der Waals surface area contributed by atoms with Crippen LogP contribution >= 0.6 is 0 Å². The van der Waals surface area contributed by atoms with Gasteiger partial charge in [-0.3, -0.25) is 4.79 Å². The van der Waals surface area contributed by atoms with Crippen molar-refractivity contribution in [3.63, 3.8) is 0 Å². The van der Waals surface area contributed by atoms with Crippen LogP contribution in [-0.4, -0.2) is 41.6 Å². The van der Waals surface area contributed by atoms with Gasteiger partial charge in [-0.15, -0.1) is 0 Å². The molecule has 1 fully saturated rings. The molecule has 2 N–H and O–H groups in total. The van der Waals surface area contributed by atoms with Crippen LogP contribution in [0.3, 0.4) is 0 Å². The molecule has 0 spiro atoms. The Morgan fingerprint density at radius 1 is 1.11 bits per heavy atom. The first kappa shape index (κ1) is 25.6. The lowest BCUT2D eigenvalue weighted by Crippen LogP contribution is -2.41. The number of fused-ring (bicyclic) bond motifs is 1. The van der Waals surface area contributed by atoms with Crippen LogP contribution < -0.4 is 4.74 Å². The Hall–Kier alpha value is -4.09. The molecule has 0 aliphatic heterocycles. The smallest absolute Gasteiger partial charge is 0.417 e. The number of nitrogens with one attached hydrogen (secondary N) is 1. The highest BCUT2D eigenvalue weighted by Crippen LogP contribution is 2.38. The van der Waals surface area contributed by atoms with Crippen LogP contribution in [0.2, 0.25) is 0 Å². The molecule has 1 aliphatic rings. The first-order valence-electron chi connectivity index (χ1n) is 12.0. The van der Waals surface area contributed by atoms with E-state index in [0.717, 1.165) is 6.07 Å². The van der Waals surface area contributed by atoms with Crippen molar-refractivity contribution in [1.82, 2.24) is 24.9 Å². The zero-order valence-electron chi connectivity index (χ0n) is 20.2. The number of carbonyl (C=O) groups is 1. The van der Waals surface area contributed by atoms with Gasteiger partial charge in [-0.2, -0.15) is 13.2 Å². The average Bonchev–Trinajstić information content (AvgIpc) is 3.32. The number of aromatic amines is 1. The first-order valence-corrected chi connectivity index (χ1v) is 12.0. The molecule has 38 heavy (non-hydrogen) atoms. The number of hydrogen-bond donors (Lipinski definition) is 2. The van der Waals surface area contributed by atoms with Crippen molar-refractivity contribution in [3.05, 3.63) is 54.2 Å². The summed E-state index contributed by atoms with van der Waals surface area (Å²) in [6, 6.07) is 5.39. The summed E-state index contributed by atoms with van der Waals surface area (Å²) in [5, 5.41) is 9.24. The number of nitrogens with zero attached hydrogens (tertiary/aromatic N) is 4. The van der Waals surface area contributed by atoms with Crippen LogP contribution in [0.15, 0.2) is 42.9 Å². The molecule has 0 amide bonds. The largest absolute Gasteiger partial charge is 0.481 e. The van der Waals surface area contributed by atoms with E-state index in [1.807, 2.05) is 6.92 Å². The lowest BCUT2D eigenvalue weighted by molar-refractivity contribution is -0.144. The van der Waals surface area contributed by atoms with Crippen molar-refractivity contribution in [2.75, 3.05) is 0 Å². The highest BCUT2D eigenvalue weighted by molar-refractivity contribution is 5.77. The van der Waals surface area contributed by atoms with Gasteiger partial charge < -0.3 is 14.8 Å². The Balaban J connectivity index is 1.33. The first-order chi connectivity index (χ1) is 18.1. The number of ether oxygens (including phenoxy) is 1. The van der Waals surface area contributed by atoms with Gasteiger partial charge in [-0.1, -0.05) is 13.0 Å². The number of benzene rings is 1. The van der Waals surface area contributed by atoms with Gasteiger partial charge in [0.25, 0.3) is 0 Å². The van der Waals surface area contributed by atoms with Gasteiger partial charge in [0, 0.05) is 24.2 Å². The Labute approximate surface area is 214 Å². The molecule has 0 radical (unpaired) electrons. The minimum atomic E-state index is -4.56. The van der Waals surface area contributed by atoms with Gasteiger partial charge in [-0.25, -0.2) is 24.3 Å². The molecule has 0 atom stereocenters. The fourth-order valence-electron chi connectivity index (χ4n) is 4.70. The monoisotopic (exact) mass is 529 g/mol. The van der Waals surface area contributed by atoms with E-state index in [-0.39, 0.29) is 34.5 Å².